The summed E-state index contributed by atoms with van der Waals surface area (Å²) in [5, 5.41) is 38.8. The van der Waals surface area contributed by atoms with Crippen molar-refractivity contribution in [2.45, 2.75) is 97.4 Å². The number of hydrogen-bond acceptors (Lipinski definition) is 6. The van der Waals surface area contributed by atoms with E-state index in [2.05, 4.69) is 13.0 Å². The maximum Gasteiger partial charge on any atom is 0.311 e. The number of hydrogen-bond donors (Lipinski definition) is 4. The highest BCUT2D eigenvalue weighted by atomic mass is 16.5. The fraction of sp³-hybridized carbons (Fsp3) is 0.840. The molecular formula is C25H42O7. The molecule has 184 valence electrons. The van der Waals surface area contributed by atoms with Gasteiger partial charge in [0, 0.05) is 18.4 Å². The Bertz CT molecular complexity index is 671. The molecule has 2 aliphatic carbocycles. The summed E-state index contributed by atoms with van der Waals surface area (Å²) in [5.41, 5.74) is 0.674. The molecule has 2 rings (SSSR count). The summed E-state index contributed by atoms with van der Waals surface area (Å²) >= 11 is 0. The van der Waals surface area contributed by atoms with E-state index < -0.39 is 23.6 Å². The third kappa shape index (κ3) is 7.03. The Kier molecular flexibility index (Phi) is 9.73. The van der Waals surface area contributed by atoms with Crippen molar-refractivity contribution in [3.05, 3.63) is 11.6 Å². The van der Waals surface area contributed by atoms with Gasteiger partial charge in [0.25, 0.3) is 0 Å². The summed E-state index contributed by atoms with van der Waals surface area (Å²) in [6.45, 7) is 7.97. The van der Waals surface area contributed by atoms with Gasteiger partial charge in [0.1, 0.15) is 6.10 Å². The fourth-order valence-electron chi connectivity index (χ4n) is 5.18. The Morgan fingerprint density at radius 2 is 1.94 bits per heavy atom. The number of fused-ring (bicyclic) bond motifs is 1. The molecule has 0 saturated heterocycles. The number of aliphatic hydroxyl groups excluding tert-OH is 3. The lowest BCUT2D eigenvalue weighted by Gasteiger charge is -2.46. The molecule has 0 aliphatic heterocycles. The highest BCUT2D eigenvalue weighted by Crippen LogP contribution is 2.48. The first-order valence-electron chi connectivity index (χ1n) is 12.1. The van der Waals surface area contributed by atoms with Crippen LogP contribution in [0.2, 0.25) is 0 Å². The molecule has 0 unspecified atom stereocenters. The summed E-state index contributed by atoms with van der Waals surface area (Å²) in [5.74, 6) is -0.649. The zero-order valence-electron chi connectivity index (χ0n) is 20.0. The van der Waals surface area contributed by atoms with E-state index in [9.17, 15) is 24.9 Å². The predicted octanol–water partition coefficient (Wildman–Crippen LogP) is 3.30. The molecule has 32 heavy (non-hydrogen) atoms. The van der Waals surface area contributed by atoms with Gasteiger partial charge in [-0.05, 0) is 70.6 Å². The largest absolute Gasteiger partial charge is 0.481 e. The van der Waals surface area contributed by atoms with Crippen molar-refractivity contribution in [3.8, 4) is 0 Å². The lowest BCUT2D eigenvalue weighted by atomic mass is 9.62. The molecule has 0 bridgehead atoms. The molecule has 2 aliphatic rings. The second-order valence-electron chi connectivity index (χ2n) is 10.5. The van der Waals surface area contributed by atoms with Crippen LogP contribution < -0.4 is 0 Å². The first-order valence-corrected chi connectivity index (χ1v) is 12.1. The molecule has 7 heteroatoms. The molecule has 4 N–H and O–H groups in total. The average molecular weight is 455 g/mol. The number of carbonyl (C=O) groups excluding carboxylic acids is 1. The molecular weight excluding hydrogens is 412 g/mol. The van der Waals surface area contributed by atoms with Gasteiger partial charge in [-0.2, -0.15) is 0 Å². The maximum absolute atomic E-state index is 12.9. The van der Waals surface area contributed by atoms with Gasteiger partial charge in [0.2, 0.25) is 0 Å². The van der Waals surface area contributed by atoms with Crippen LogP contribution in [-0.4, -0.2) is 57.3 Å². The van der Waals surface area contributed by atoms with Crippen molar-refractivity contribution in [1.29, 1.82) is 0 Å². The molecule has 0 aromatic heterocycles. The van der Waals surface area contributed by atoms with Crippen molar-refractivity contribution < 1.29 is 34.8 Å². The molecule has 0 amide bonds. The molecule has 1 saturated carbocycles. The molecule has 0 spiro atoms. The van der Waals surface area contributed by atoms with Crippen molar-refractivity contribution in [2.75, 3.05) is 6.61 Å². The number of ether oxygens (including phenoxy) is 1. The number of carboxylic acid groups (broad SMARTS) is 1. The second kappa shape index (κ2) is 11.6. The molecule has 0 aromatic carbocycles. The SMILES string of the molecule is CCC(C)(C)C(=O)O[C@H]1C[C@@H](CO)C=C2CC[C@H](C)[C@H](CC[C@@H](O)C[C@@H](O)CC(=O)O)[C@H]21. The van der Waals surface area contributed by atoms with Crippen molar-refractivity contribution in [3.63, 3.8) is 0 Å². The average Bonchev–Trinajstić information content (AvgIpc) is 2.72. The number of esters is 1. The minimum atomic E-state index is -1.08. The highest BCUT2D eigenvalue weighted by Gasteiger charge is 2.44. The number of rotatable bonds is 11. The summed E-state index contributed by atoms with van der Waals surface area (Å²) in [6.07, 6.45) is 4.05. The van der Waals surface area contributed by atoms with Crippen molar-refractivity contribution >= 4 is 11.9 Å². The first kappa shape index (κ1) is 26.8. The van der Waals surface area contributed by atoms with Crippen LogP contribution in [0.4, 0.5) is 0 Å². The van der Waals surface area contributed by atoms with Crippen molar-refractivity contribution in [2.24, 2.45) is 29.1 Å². The van der Waals surface area contributed by atoms with Crippen LogP contribution in [0.25, 0.3) is 0 Å². The standard InChI is InChI=1S/C25H42O7/c1-5-25(3,4)24(31)32-21-11-16(14-26)10-17-7-6-15(2)20(23(17)21)9-8-18(27)12-19(28)13-22(29)30/h10,15-16,18-21,23,26-28H,5-9,11-14H2,1-4H3,(H,29,30)/t15-,16-,18+,19+,20-,21-,23-/m0/s1. The van der Waals surface area contributed by atoms with Crippen LogP contribution in [0.15, 0.2) is 11.6 Å². The highest BCUT2D eigenvalue weighted by molar-refractivity contribution is 5.76. The van der Waals surface area contributed by atoms with E-state index in [4.69, 9.17) is 9.84 Å². The Hall–Kier alpha value is -1.44. The van der Waals surface area contributed by atoms with E-state index >= 15 is 0 Å². The topological polar surface area (TPSA) is 124 Å². The second-order valence-corrected chi connectivity index (χ2v) is 10.5. The summed E-state index contributed by atoms with van der Waals surface area (Å²) < 4.78 is 6.08. The first-order chi connectivity index (χ1) is 15.0. The Labute approximate surface area is 191 Å². The quantitative estimate of drug-likeness (QED) is 0.279. The lowest BCUT2D eigenvalue weighted by Crippen LogP contribution is -2.44. The minimum Gasteiger partial charge on any atom is -0.481 e. The lowest BCUT2D eigenvalue weighted by molar-refractivity contribution is -0.165. The number of aliphatic carboxylic acids is 1. The maximum atomic E-state index is 12.9. The monoisotopic (exact) mass is 454 g/mol. The zero-order chi connectivity index (χ0) is 24.1. The van der Waals surface area contributed by atoms with Crippen LogP contribution in [0.1, 0.15) is 79.1 Å². The number of carbonyl (C=O) groups is 2. The van der Waals surface area contributed by atoms with Gasteiger partial charge >= 0.3 is 11.9 Å². The van der Waals surface area contributed by atoms with E-state index in [1.807, 2.05) is 20.8 Å². The van der Waals surface area contributed by atoms with Crippen LogP contribution in [0.3, 0.4) is 0 Å². The smallest absolute Gasteiger partial charge is 0.311 e. The van der Waals surface area contributed by atoms with Crippen LogP contribution in [0, 0.1) is 29.1 Å². The third-order valence-electron chi connectivity index (χ3n) is 7.61. The van der Waals surface area contributed by atoms with E-state index in [0.29, 0.717) is 31.6 Å². The molecule has 0 aromatic rings. The fourth-order valence-corrected chi connectivity index (χ4v) is 5.18. The van der Waals surface area contributed by atoms with E-state index in [1.165, 1.54) is 5.57 Å². The molecule has 7 atom stereocenters. The van der Waals surface area contributed by atoms with Gasteiger partial charge in [-0.25, -0.2) is 0 Å². The summed E-state index contributed by atoms with van der Waals surface area (Å²) in [7, 11) is 0. The molecule has 0 radical (unpaired) electrons. The van der Waals surface area contributed by atoms with Gasteiger partial charge in [0.15, 0.2) is 0 Å². The molecule has 0 heterocycles. The van der Waals surface area contributed by atoms with Gasteiger partial charge in [-0.3, -0.25) is 9.59 Å². The molecule has 7 nitrogen and oxygen atoms in total. The Morgan fingerprint density at radius 3 is 2.53 bits per heavy atom. The Balaban J connectivity index is 2.14. The number of carboxylic acids is 1. The van der Waals surface area contributed by atoms with Crippen LogP contribution in [-0.2, 0) is 14.3 Å². The van der Waals surface area contributed by atoms with Gasteiger partial charge in [0.05, 0.1) is 24.0 Å². The normalized spacial score (nSPS) is 30.1. The van der Waals surface area contributed by atoms with Crippen LogP contribution >= 0.6 is 0 Å². The van der Waals surface area contributed by atoms with E-state index in [-0.39, 0.29) is 49.3 Å². The summed E-state index contributed by atoms with van der Waals surface area (Å²) in [6, 6.07) is 0. The van der Waals surface area contributed by atoms with Gasteiger partial charge < -0.3 is 25.2 Å². The van der Waals surface area contributed by atoms with E-state index in [0.717, 1.165) is 12.8 Å². The van der Waals surface area contributed by atoms with E-state index in [1.54, 1.807) is 0 Å². The summed E-state index contributed by atoms with van der Waals surface area (Å²) in [4.78, 5) is 23.6. The Morgan fingerprint density at radius 1 is 1.25 bits per heavy atom. The van der Waals surface area contributed by atoms with Gasteiger partial charge in [-0.15, -0.1) is 0 Å². The van der Waals surface area contributed by atoms with Gasteiger partial charge in [-0.1, -0.05) is 25.5 Å². The van der Waals surface area contributed by atoms with Crippen molar-refractivity contribution in [1.82, 2.24) is 0 Å². The zero-order valence-corrected chi connectivity index (χ0v) is 20.0. The third-order valence-corrected chi connectivity index (χ3v) is 7.61. The predicted molar refractivity (Wildman–Crippen MR) is 121 cm³/mol. The number of aliphatic hydroxyl groups is 3. The van der Waals surface area contributed by atoms with Crippen LogP contribution in [0.5, 0.6) is 0 Å². The minimum absolute atomic E-state index is 0.0189. The molecule has 1 fully saturated rings.